The first-order chi connectivity index (χ1) is 9.06. The minimum atomic E-state index is -0.964. The Bertz CT molecular complexity index is 682. The first kappa shape index (κ1) is 12.0. The number of hydrogen-bond donors (Lipinski definition) is 2. The number of halogens is 1. The smallest absolute Gasteiger partial charge is 0.308 e. The Labute approximate surface area is 113 Å². The molecule has 7 heteroatoms. The normalized spacial score (nSPS) is 19.3. The number of nitrogens with one attached hydrogen (secondary N) is 1. The van der Waals surface area contributed by atoms with Crippen molar-refractivity contribution in [1.82, 2.24) is 10.2 Å². The number of aromatic amines is 1. The Morgan fingerprint density at radius 2 is 2.32 bits per heavy atom. The molecule has 0 spiro atoms. The van der Waals surface area contributed by atoms with Gasteiger partial charge in [-0.1, -0.05) is 11.6 Å². The Morgan fingerprint density at radius 1 is 1.53 bits per heavy atom. The molecule has 2 N–H and O–H groups in total. The summed E-state index contributed by atoms with van der Waals surface area (Å²) in [5.74, 6) is -1.45. The Kier molecular flexibility index (Phi) is 2.67. The second kappa shape index (κ2) is 4.24. The van der Waals surface area contributed by atoms with Crippen LogP contribution in [0.25, 0.3) is 10.9 Å². The van der Waals surface area contributed by atoms with E-state index in [1.165, 1.54) is 4.90 Å². The Balaban J connectivity index is 2.03. The van der Waals surface area contributed by atoms with Crippen molar-refractivity contribution < 1.29 is 14.7 Å². The van der Waals surface area contributed by atoms with E-state index in [1.807, 2.05) is 0 Å². The van der Waals surface area contributed by atoms with Crippen LogP contribution in [0.15, 0.2) is 18.2 Å². The average molecular weight is 280 g/mol. The van der Waals surface area contributed by atoms with E-state index in [0.29, 0.717) is 16.2 Å². The van der Waals surface area contributed by atoms with Crippen LogP contribution in [0, 0.1) is 5.92 Å². The molecule has 0 saturated carbocycles. The molecule has 0 radical (unpaired) electrons. The fourth-order valence-corrected chi connectivity index (χ4v) is 2.43. The van der Waals surface area contributed by atoms with Crippen LogP contribution in [-0.2, 0) is 9.59 Å². The van der Waals surface area contributed by atoms with Crippen molar-refractivity contribution in [3.63, 3.8) is 0 Å². The number of hydrogen-bond acceptors (Lipinski definition) is 3. The number of rotatable bonds is 2. The zero-order valence-corrected chi connectivity index (χ0v) is 10.5. The third-order valence-electron chi connectivity index (χ3n) is 3.23. The molecule has 1 amide bonds. The average Bonchev–Trinajstić information content (AvgIpc) is 2.92. The van der Waals surface area contributed by atoms with E-state index in [2.05, 4.69) is 10.2 Å². The first-order valence-electron chi connectivity index (χ1n) is 5.73. The lowest BCUT2D eigenvalue weighted by molar-refractivity contribution is -0.141. The minimum Gasteiger partial charge on any atom is -0.481 e. The van der Waals surface area contributed by atoms with Crippen LogP contribution in [0.1, 0.15) is 6.42 Å². The maximum atomic E-state index is 11.9. The van der Waals surface area contributed by atoms with Crippen LogP contribution in [0.3, 0.4) is 0 Å². The summed E-state index contributed by atoms with van der Waals surface area (Å²) >= 11 is 5.93. The van der Waals surface area contributed by atoms with Crippen LogP contribution in [0.2, 0.25) is 5.02 Å². The predicted octanol–water partition coefficient (Wildman–Crippen LogP) is 1.65. The van der Waals surface area contributed by atoms with Gasteiger partial charge in [0.05, 0.1) is 11.4 Å². The number of fused-ring (bicyclic) bond motifs is 1. The summed E-state index contributed by atoms with van der Waals surface area (Å²) in [6.45, 7) is 0.140. The van der Waals surface area contributed by atoms with E-state index in [1.54, 1.807) is 18.2 Å². The molecular weight excluding hydrogens is 270 g/mol. The number of carbonyl (C=O) groups excluding carboxylic acids is 1. The second-order valence-corrected chi connectivity index (χ2v) is 4.92. The number of benzene rings is 1. The van der Waals surface area contributed by atoms with Crippen LogP contribution >= 0.6 is 11.6 Å². The summed E-state index contributed by atoms with van der Waals surface area (Å²) < 4.78 is 0. The second-order valence-electron chi connectivity index (χ2n) is 4.48. The fraction of sp³-hybridized carbons (Fsp3) is 0.250. The number of anilines is 1. The molecule has 19 heavy (non-hydrogen) atoms. The fourth-order valence-electron chi connectivity index (χ4n) is 2.26. The third kappa shape index (κ3) is 1.94. The van der Waals surface area contributed by atoms with E-state index >= 15 is 0 Å². The molecule has 1 aromatic carbocycles. The molecule has 1 aromatic heterocycles. The van der Waals surface area contributed by atoms with Gasteiger partial charge in [0, 0.05) is 23.4 Å². The number of carboxylic acid groups (broad SMARTS) is 1. The van der Waals surface area contributed by atoms with Crippen LogP contribution < -0.4 is 4.90 Å². The highest BCUT2D eigenvalue weighted by molar-refractivity contribution is 6.31. The van der Waals surface area contributed by atoms with E-state index in [0.717, 1.165) is 5.52 Å². The zero-order valence-electron chi connectivity index (χ0n) is 9.76. The lowest BCUT2D eigenvalue weighted by Crippen LogP contribution is -2.26. The van der Waals surface area contributed by atoms with Crippen molar-refractivity contribution in [3.8, 4) is 0 Å². The van der Waals surface area contributed by atoms with Crippen molar-refractivity contribution in [3.05, 3.63) is 23.2 Å². The number of aliphatic carboxylic acids is 1. The van der Waals surface area contributed by atoms with Gasteiger partial charge >= 0.3 is 5.97 Å². The summed E-state index contributed by atoms with van der Waals surface area (Å²) in [6, 6.07) is 5.19. The van der Waals surface area contributed by atoms with Crippen LogP contribution in [0.4, 0.5) is 5.82 Å². The van der Waals surface area contributed by atoms with Crippen molar-refractivity contribution in [2.75, 3.05) is 11.4 Å². The lowest BCUT2D eigenvalue weighted by atomic mass is 10.1. The highest BCUT2D eigenvalue weighted by Crippen LogP contribution is 2.31. The van der Waals surface area contributed by atoms with Gasteiger partial charge in [0.1, 0.15) is 0 Å². The summed E-state index contributed by atoms with van der Waals surface area (Å²) in [6.07, 6.45) is 0.00422. The molecule has 0 bridgehead atoms. The summed E-state index contributed by atoms with van der Waals surface area (Å²) in [4.78, 5) is 24.2. The molecular formula is C12H10ClN3O3. The monoisotopic (exact) mass is 279 g/mol. The van der Waals surface area contributed by atoms with E-state index in [-0.39, 0.29) is 18.9 Å². The van der Waals surface area contributed by atoms with E-state index in [4.69, 9.17) is 16.7 Å². The summed E-state index contributed by atoms with van der Waals surface area (Å²) in [5, 5.41) is 17.1. The summed E-state index contributed by atoms with van der Waals surface area (Å²) in [5.41, 5.74) is 0.756. The van der Waals surface area contributed by atoms with Crippen molar-refractivity contribution >= 4 is 40.2 Å². The zero-order chi connectivity index (χ0) is 13.6. The number of nitrogens with zero attached hydrogens (tertiary/aromatic N) is 2. The standard InChI is InChI=1S/C12H10ClN3O3/c13-7-1-2-9-8(4-7)11(15-14-9)16-5-6(12(18)19)3-10(16)17/h1-2,4,6H,3,5H2,(H,14,15)(H,18,19). The molecule has 0 aliphatic carbocycles. The SMILES string of the molecule is O=C(O)C1CC(=O)N(c2n[nH]c3ccc(Cl)cc23)C1. The number of carboxylic acids is 1. The van der Waals surface area contributed by atoms with Crippen molar-refractivity contribution in [2.24, 2.45) is 5.92 Å². The molecule has 2 aromatic rings. The maximum Gasteiger partial charge on any atom is 0.308 e. The Hall–Kier alpha value is -2.08. The number of amides is 1. The quantitative estimate of drug-likeness (QED) is 0.875. The molecule has 1 aliphatic heterocycles. The summed E-state index contributed by atoms with van der Waals surface area (Å²) in [7, 11) is 0. The molecule has 1 atom stereocenters. The Morgan fingerprint density at radius 3 is 3.00 bits per heavy atom. The molecule has 1 aliphatic rings. The van der Waals surface area contributed by atoms with Gasteiger partial charge in [0.25, 0.3) is 0 Å². The largest absolute Gasteiger partial charge is 0.481 e. The molecule has 98 valence electrons. The number of aromatic nitrogens is 2. The number of carbonyl (C=O) groups is 2. The van der Waals surface area contributed by atoms with Gasteiger partial charge in [-0.2, -0.15) is 5.10 Å². The minimum absolute atomic E-state index is 0.00422. The van der Waals surface area contributed by atoms with Gasteiger partial charge in [0.15, 0.2) is 5.82 Å². The molecule has 6 nitrogen and oxygen atoms in total. The molecule has 1 unspecified atom stereocenters. The van der Waals surface area contributed by atoms with Crippen LogP contribution in [-0.4, -0.2) is 33.7 Å². The molecule has 1 saturated heterocycles. The molecule has 1 fully saturated rings. The highest BCUT2D eigenvalue weighted by Gasteiger charge is 2.36. The van der Waals surface area contributed by atoms with E-state index < -0.39 is 11.9 Å². The van der Waals surface area contributed by atoms with Gasteiger partial charge < -0.3 is 5.11 Å². The lowest BCUT2D eigenvalue weighted by Gasteiger charge is -2.12. The highest BCUT2D eigenvalue weighted by atomic mass is 35.5. The van der Waals surface area contributed by atoms with Gasteiger partial charge in [-0.15, -0.1) is 0 Å². The van der Waals surface area contributed by atoms with Crippen LogP contribution in [0.5, 0.6) is 0 Å². The van der Waals surface area contributed by atoms with Gasteiger partial charge in [-0.25, -0.2) is 0 Å². The van der Waals surface area contributed by atoms with Gasteiger partial charge in [0.2, 0.25) is 5.91 Å². The first-order valence-corrected chi connectivity index (χ1v) is 6.11. The van der Waals surface area contributed by atoms with Crippen molar-refractivity contribution in [2.45, 2.75) is 6.42 Å². The van der Waals surface area contributed by atoms with Gasteiger partial charge in [-0.05, 0) is 18.2 Å². The topological polar surface area (TPSA) is 86.3 Å². The van der Waals surface area contributed by atoms with Gasteiger partial charge in [-0.3, -0.25) is 19.6 Å². The number of H-pyrrole nitrogens is 1. The van der Waals surface area contributed by atoms with Crippen molar-refractivity contribution in [1.29, 1.82) is 0 Å². The molecule has 3 rings (SSSR count). The maximum absolute atomic E-state index is 11.9. The van der Waals surface area contributed by atoms with E-state index in [9.17, 15) is 9.59 Å². The third-order valence-corrected chi connectivity index (χ3v) is 3.47. The predicted molar refractivity (Wildman–Crippen MR) is 69.2 cm³/mol. The molecule has 2 heterocycles.